The van der Waals surface area contributed by atoms with E-state index >= 15 is 0 Å². The van der Waals surface area contributed by atoms with E-state index in [0.717, 1.165) is 0 Å². The van der Waals surface area contributed by atoms with Gasteiger partial charge in [-0.25, -0.2) is 4.79 Å². The Morgan fingerprint density at radius 3 is 2.79 bits per heavy atom. The maximum absolute atomic E-state index is 11.1. The lowest BCUT2D eigenvalue weighted by atomic mass is 10.2. The monoisotopic (exact) mass is 201 g/mol. The minimum Gasteiger partial charge on any atom is -0.480 e. The molecule has 3 amide bonds. The van der Waals surface area contributed by atoms with Crippen molar-refractivity contribution >= 4 is 17.9 Å². The molecule has 0 aromatic rings. The second-order valence-corrected chi connectivity index (χ2v) is 2.99. The number of rotatable bonds is 3. The molecule has 7 nitrogen and oxygen atoms in total. The molecule has 1 rings (SSSR count). The number of carbonyl (C=O) groups is 3. The maximum atomic E-state index is 11.1. The molecule has 0 bridgehead atoms. The van der Waals surface area contributed by atoms with Crippen molar-refractivity contribution in [1.82, 2.24) is 10.2 Å². The van der Waals surface area contributed by atoms with Crippen LogP contribution >= 0.6 is 0 Å². The van der Waals surface area contributed by atoms with E-state index in [9.17, 15) is 14.4 Å². The number of carboxylic acid groups (broad SMARTS) is 1. The summed E-state index contributed by atoms with van der Waals surface area (Å²) in [4.78, 5) is 33.4. The number of carbonyl (C=O) groups excluding carboxylic acids is 2. The summed E-state index contributed by atoms with van der Waals surface area (Å²) in [6.45, 7) is 0.125. The third-order valence-electron chi connectivity index (χ3n) is 1.88. The van der Waals surface area contributed by atoms with E-state index in [1.807, 2.05) is 0 Å². The second kappa shape index (κ2) is 4.05. The fourth-order valence-corrected chi connectivity index (χ4v) is 1.09. The van der Waals surface area contributed by atoms with Gasteiger partial charge in [0.15, 0.2) is 0 Å². The first-order valence-corrected chi connectivity index (χ1v) is 4.08. The Labute approximate surface area is 79.9 Å². The Bertz CT molecular complexity index is 278. The van der Waals surface area contributed by atoms with Crippen molar-refractivity contribution in [2.24, 2.45) is 5.73 Å². The molecular formula is C7H11N3O4. The zero-order valence-electron chi connectivity index (χ0n) is 7.40. The molecule has 1 heterocycles. The van der Waals surface area contributed by atoms with Crippen molar-refractivity contribution < 1.29 is 19.5 Å². The summed E-state index contributed by atoms with van der Waals surface area (Å²) in [6.07, 6.45) is 0.179. The summed E-state index contributed by atoms with van der Waals surface area (Å²) >= 11 is 0. The number of carboxylic acids is 1. The van der Waals surface area contributed by atoms with Crippen LogP contribution in [0.25, 0.3) is 0 Å². The number of urea groups is 1. The summed E-state index contributed by atoms with van der Waals surface area (Å²) in [5.74, 6) is -1.52. The van der Waals surface area contributed by atoms with Gasteiger partial charge in [-0.15, -0.1) is 0 Å². The minimum absolute atomic E-state index is 0.0888. The van der Waals surface area contributed by atoms with Crippen molar-refractivity contribution in [2.45, 2.75) is 12.5 Å². The SMILES string of the molecule is NC(CN1CCC(=O)NC1=O)C(=O)O. The van der Waals surface area contributed by atoms with Crippen LogP contribution in [0.4, 0.5) is 4.79 Å². The van der Waals surface area contributed by atoms with Gasteiger partial charge >= 0.3 is 12.0 Å². The number of hydrogen-bond donors (Lipinski definition) is 3. The van der Waals surface area contributed by atoms with Crippen LogP contribution < -0.4 is 11.1 Å². The Balaban J connectivity index is 2.49. The fraction of sp³-hybridized carbons (Fsp3) is 0.571. The number of amides is 3. The quantitative estimate of drug-likeness (QED) is 0.505. The average Bonchev–Trinajstić information content (AvgIpc) is 2.09. The van der Waals surface area contributed by atoms with Gasteiger partial charge in [0.2, 0.25) is 5.91 Å². The molecule has 1 saturated heterocycles. The van der Waals surface area contributed by atoms with Crippen LogP contribution in [0.2, 0.25) is 0 Å². The highest BCUT2D eigenvalue weighted by Gasteiger charge is 2.26. The van der Waals surface area contributed by atoms with Gasteiger partial charge in [0.05, 0.1) is 0 Å². The van der Waals surface area contributed by atoms with Gasteiger partial charge in [-0.3, -0.25) is 14.9 Å². The van der Waals surface area contributed by atoms with Crippen LogP contribution in [0.5, 0.6) is 0 Å². The van der Waals surface area contributed by atoms with Gasteiger partial charge in [-0.1, -0.05) is 0 Å². The lowest BCUT2D eigenvalue weighted by Gasteiger charge is -2.27. The molecule has 78 valence electrons. The van der Waals surface area contributed by atoms with E-state index in [-0.39, 0.29) is 25.4 Å². The van der Waals surface area contributed by atoms with Gasteiger partial charge in [-0.2, -0.15) is 0 Å². The topological polar surface area (TPSA) is 113 Å². The molecule has 1 unspecified atom stereocenters. The summed E-state index contributed by atoms with van der Waals surface area (Å²) < 4.78 is 0. The third kappa shape index (κ3) is 2.43. The van der Waals surface area contributed by atoms with Gasteiger partial charge in [0, 0.05) is 19.5 Å². The van der Waals surface area contributed by atoms with Crippen molar-refractivity contribution in [1.29, 1.82) is 0 Å². The van der Waals surface area contributed by atoms with E-state index in [2.05, 4.69) is 5.32 Å². The Hall–Kier alpha value is -1.63. The molecule has 0 radical (unpaired) electrons. The van der Waals surface area contributed by atoms with Gasteiger partial charge in [-0.05, 0) is 0 Å². The number of nitrogens with two attached hydrogens (primary N) is 1. The van der Waals surface area contributed by atoms with E-state index in [4.69, 9.17) is 10.8 Å². The highest BCUT2D eigenvalue weighted by molar-refractivity contribution is 5.96. The first-order chi connectivity index (χ1) is 6.50. The summed E-state index contributed by atoms with van der Waals surface area (Å²) in [7, 11) is 0. The summed E-state index contributed by atoms with van der Waals surface area (Å²) in [5, 5.41) is 10.6. The number of nitrogens with zero attached hydrogens (tertiary/aromatic N) is 1. The largest absolute Gasteiger partial charge is 0.480 e. The second-order valence-electron chi connectivity index (χ2n) is 2.99. The highest BCUT2D eigenvalue weighted by atomic mass is 16.4. The van der Waals surface area contributed by atoms with Crippen LogP contribution in [0.3, 0.4) is 0 Å². The predicted octanol–water partition coefficient (Wildman–Crippen LogP) is -1.66. The molecule has 14 heavy (non-hydrogen) atoms. The van der Waals surface area contributed by atoms with Crippen LogP contribution in [0.1, 0.15) is 6.42 Å². The minimum atomic E-state index is -1.17. The van der Waals surface area contributed by atoms with Gasteiger partial charge < -0.3 is 15.7 Å². The van der Waals surface area contributed by atoms with E-state index in [0.29, 0.717) is 0 Å². The molecule has 7 heteroatoms. The molecule has 0 aliphatic carbocycles. The standard InChI is InChI=1S/C7H11N3O4/c8-4(6(12)13)3-10-2-1-5(11)9-7(10)14/h4H,1-3,8H2,(H,12,13)(H,9,11,14). The van der Waals surface area contributed by atoms with Gasteiger partial charge in [0.25, 0.3) is 0 Å². The first-order valence-electron chi connectivity index (χ1n) is 4.08. The molecule has 0 saturated carbocycles. The Kier molecular flexibility index (Phi) is 3.03. The van der Waals surface area contributed by atoms with Gasteiger partial charge in [0.1, 0.15) is 6.04 Å². The molecule has 1 aliphatic heterocycles. The number of aliphatic carboxylic acids is 1. The predicted molar refractivity (Wildman–Crippen MR) is 45.3 cm³/mol. The van der Waals surface area contributed by atoms with E-state index in [1.165, 1.54) is 4.90 Å². The molecule has 0 aromatic carbocycles. The fourth-order valence-electron chi connectivity index (χ4n) is 1.09. The molecule has 0 aromatic heterocycles. The number of imide groups is 1. The third-order valence-corrected chi connectivity index (χ3v) is 1.88. The molecule has 1 fully saturated rings. The normalized spacial score (nSPS) is 19.1. The van der Waals surface area contributed by atoms with Crippen LogP contribution in [0.15, 0.2) is 0 Å². The molecule has 0 spiro atoms. The van der Waals surface area contributed by atoms with E-state index in [1.54, 1.807) is 0 Å². The number of hydrogen-bond acceptors (Lipinski definition) is 4. The molecule has 4 N–H and O–H groups in total. The van der Waals surface area contributed by atoms with Crippen molar-refractivity contribution in [2.75, 3.05) is 13.1 Å². The molecule has 1 atom stereocenters. The lowest BCUT2D eigenvalue weighted by Crippen LogP contribution is -2.54. The van der Waals surface area contributed by atoms with Crippen LogP contribution in [-0.4, -0.2) is 47.0 Å². The summed E-state index contributed by atoms with van der Waals surface area (Å²) in [5.41, 5.74) is 5.24. The smallest absolute Gasteiger partial charge is 0.324 e. The first kappa shape index (κ1) is 10.5. The Morgan fingerprint density at radius 1 is 1.64 bits per heavy atom. The Morgan fingerprint density at radius 2 is 2.29 bits per heavy atom. The van der Waals surface area contributed by atoms with E-state index < -0.39 is 18.0 Å². The van der Waals surface area contributed by atoms with Crippen LogP contribution in [-0.2, 0) is 9.59 Å². The van der Waals surface area contributed by atoms with Crippen molar-refractivity contribution in [3.05, 3.63) is 0 Å². The lowest BCUT2D eigenvalue weighted by molar-refractivity contribution is -0.138. The number of nitrogens with one attached hydrogen (secondary N) is 1. The van der Waals surface area contributed by atoms with Crippen LogP contribution in [0, 0.1) is 0 Å². The average molecular weight is 201 g/mol. The van der Waals surface area contributed by atoms with Crippen molar-refractivity contribution in [3.63, 3.8) is 0 Å². The maximum Gasteiger partial charge on any atom is 0.324 e. The highest BCUT2D eigenvalue weighted by Crippen LogP contribution is 2.00. The zero-order chi connectivity index (χ0) is 10.7. The summed E-state index contributed by atoms with van der Waals surface area (Å²) in [6, 6.07) is -1.70. The van der Waals surface area contributed by atoms with Crippen molar-refractivity contribution in [3.8, 4) is 0 Å². The molecular weight excluding hydrogens is 190 g/mol. The zero-order valence-corrected chi connectivity index (χ0v) is 7.40. The molecule has 1 aliphatic rings.